The molecule has 2 aromatic carbocycles. The summed E-state index contributed by atoms with van der Waals surface area (Å²) >= 11 is 2.27. The van der Waals surface area contributed by atoms with Crippen LogP contribution in [0, 0.1) is 3.57 Å². The summed E-state index contributed by atoms with van der Waals surface area (Å²) in [6.45, 7) is 6.63. The van der Waals surface area contributed by atoms with E-state index in [1.807, 2.05) is 24.3 Å². The van der Waals surface area contributed by atoms with Crippen LogP contribution in [0.1, 0.15) is 43.6 Å². The SMILES string of the molecule is CC(C)(C)c1ccc(CC(O)c2cccc(I)c2)cc1. The molecule has 1 nitrogen and oxygen atoms in total. The summed E-state index contributed by atoms with van der Waals surface area (Å²) in [5.41, 5.74) is 3.65. The number of aliphatic hydroxyl groups excluding tert-OH is 1. The minimum Gasteiger partial charge on any atom is -0.388 e. The van der Waals surface area contributed by atoms with Crippen LogP contribution in [0.3, 0.4) is 0 Å². The van der Waals surface area contributed by atoms with Crippen LogP contribution in [0.5, 0.6) is 0 Å². The third-order valence-corrected chi connectivity index (χ3v) is 4.15. The van der Waals surface area contributed by atoms with E-state index in [0.717, 1.165) is 9.13 Å². The second-order valence-electron chi connectivity index (χ2n) is 6.22. The molecule has 0 aromatic heterocycles. The highest BCUT2D eigenvalue weighted by atomic mass is 127. The number of hydrogen-bond donors (Lipinski definition) is 1. The topological polar surface area (TPSA) is 20.2 Å². The Hall–Kier alpha value is -0.870. The molecule has 2 rings (SSSR count). The molecule has 0 aliphatic heterocycles. The van der Waals surface area contributed by atoms with Crippen molar-refractivity contribution >= 4 is 22.6 Å². The molecule has 106 valence electrons. The second kappa shape index (κ2) is 6.27. The standard InChI is InChI=1S/C18H21IO/c1-18(2,3)15-9-7-13(8-10-15)11-17(20)14-5-4-6-16(19)12-14/h4-10,12,17,20H,11H2,1-3H3. The normalized spacial score (nSPS) is 13.2. The predicted octanol–water partition coefficient (Wildman–Crippen LogP) is 4.86. The molecule has 0 amide bonds. The van der Waals surface area contributed by atoms with Crippen molar-refractivity contribution in [1.82, 2.24) is 0 Å². The van der Waals surface area contributed by atoms with Crippen molar-refractivity contribution in [1.29, 1.82) is 0 Å². The summed E-state index contributed by atoms with van der Waals surface area (Å²) in [4.78, 5) is 0. The van der Waals surface area contributed by atoms with E-state index in [1.54, 1.807) is 0 Å². The van der Waals surface area contributed by atoms with Gasteiger partial charge in [-0.05, 0) is 56.8 Å². The molecular weight excluding hydrogens is 359 g/mol. The van der Waals surface area contributed by atoms with Crippen LogP contribution in [-0.4, -0.2) is 5.11 Å². The van der Waals surface area contributed by atoms with Crippen molar-refractivity contribution in [3.05, 3.63) is 68.8 Å². The smallest absolute Gasteiger partial charge is 0.0830 e. The summed E-state index contributed by atoms with van der Waals surface area (Å²) in [6.07, 6.45) is 0.218. The summed E-state index contributed by atoms with van der Waals surface area (Å²) in [6, 6.07) is 16.6. The summed E-state index contributed by atoms with van der Waals surface area (Å²) in [5, 5.41) is 10.3. The van der Waals surface area contributed by atoms with E-state index < -0.39 is 6.10 Å². The third-order valence-electron chi connectivity index (χ3n) is 3.48. The largest absolute Gasteiger partial charge is 0.388 e. The number of rotatable bonds is 3. The average Bonchev–Trinajstić information content (AvgIpc) is 2.38. The Balaban J connectivity index is 2.10. The zero-order chi connectivity index (χ0) is 14.8. The van der Waals surface area contributed by atoms with Gasteiger partial charge in [0.15, 0.2) is 0 Å². The monoisotopic (exact) mass is 380 g/mol. The maximum Gasteiger partial charge on any atom is 0.0830 e. The zero-order valence-electron chi connectivity index (χ0n) is 12.2. The van der Waals surface area contributed by atoms with E-state index in [-0.39, 0.29) is 5.41 Å². The maximum absolute atomic E-state index is 10.3. The van der Waals surface area contributed by atoms with Crippen LogP contribution >= 0.6 is 22.6 Å². The molecule has 1 atom stereocenters. The van der Waals surface area contributed by atoms with Gasteiger partial charge in [0.05, 0.1) is 6.10 Å². The molecule has 0 fully saturated rings. The van der Waals surface area contributed by atoms with Gasteiger partial charge in [0.1, 0.15) is 0 Å². The molecule has 0 saturated heterocycles. The van der Waals surface area contributed by atoms with E-state index in [4.69, 9.17) is 0 Å². The molecule has 1 N–H and O–H groups in total. The van der Waals surface area contributed by atoms with Crippen LogP contribution in [0.4, 0.5) is 0 Å². The van der Waals surface area contributed by atoms with Gasteiger partial charge in [0, 0.05) is 9.99 Å². The molecule has 0 heterocycles. The predicted molar refractivity (Wildman–Crippen MR) is 93.0 cm³/mol. The van der Waals surface area contributed by atoms with Gasteiger partial charge in [0.25, 0.3) is 0 Å². The number of aliphatic hydroxyl groups is 1. The van der Waals surface area contributed by atoms with Crippen molar-refractivity contribution in [3.8, 4) is 0 Å². The number of benzene rings is 2. The van der Waals surface area contributed by atoms with Gasteiger partial charge in [-0.1, -0.05) is 57.2 Å². The zero-order valence-corrected chi connectivity index (χ0v) is 14.4. The first-order valence-corrected chi connectivity index (χ1v) is 7.97. The summed E-state index contributed by atoms with van der Waals surface area (Å²) in [7, 11) is 0. The lowest BCUT2D eigenvalue weighted by Gasteiger charge is -2.19. The maximum atomic E-state index is 10.3. The van der Waals surface area contributed by atoms with Crippen LogP contribution in [0.2, 0.25) is 0 Å². The highest BCUT2D eigenvalue weighted by molar-refractivity contribution is 14.1. The highest BCUT2D eigenvalue weighted by Gasteiger charge is 2.14. The summed E-state index contributed by atoms with van der Waals surface area (Å²) in [5.74, 6) is 0. The molecule has 2 heteroatoms. The van der Waals surface area contributed by atoms with Gasteiger partial charge < -0.3 is 5.11 Å². The molecule has 0 radical (unpaired) electrons. The Morgan fingerprint density at radius 2 is 1.70 bits per heavy atom. The first kappa shape index (κ1) is 15.5. The first-order chi connectivity index (χ1) is 9.36. The fourth-order valence-corrected chi connectivity index (χ4v) is 2.76. The molecular formula is C18H21IO. The quantitative estimate of drug-likeness (QED) is 0.754. The molecule has 20 heavy (non-hydrogen) atoms. The molecule has 0 spiro atoms. The third kappa shape index (κ3) is 4.06. The van der Waals surface area contributed by atoms with Crippen molar-refractivity contribution in [2.45, 2.75) is 38.7 Å². The highest BCUT2D eigenvalue weighted by Crippen LogP contribution is 2.24. The fourth-order valence-electron chi connectivity index (χ4n) is 2.20. The Labute approximate surface area is 135 Å². The van der Waals surface area contributed by atoms with Gasteiger partial charge in [-0.3, -0.25) is 0 Å². The Morgan fingerprint density at radius 3 is 2.25 bits per heavy atom. The van der Waals surface area contributed by atoms with Gasteiger partial charge in [-0.2, -0.15) is 0 Å². The van der Waals surface area contributed by atoms with Gasteiger partial charge in [-0.25, -0.2) is 0 Å². The Kier molecular flexibility index (Phi) is 4.86. The van der Waals surface area contributed by atoms with Crippen molar-refractivity contribution in [2.75, 3.05) is 0 Å². The van der Waals surface area contributed by atoms with Crippen molar-refractivity contribution in [2.24, 2.45) is 0 Å². The van der Waals surface area contributed by atoms with Crippen molar-refractivity contribution < 1.29 is 5.11 Å². The van der Waals surface area contributed by atoms with E-state index in [0.29, 0.717) is 6.42 Å². The minimum atomic E-state index is -0.440. The van der Waals surface area contributed by atoms with Crippen LogP contribution < -0.4 is 0 Å². The van der Waals surface area contributed by atoms with Gasteiger partial charge >= 0.3 is 0 Å². The average molecular weight is 380 g/mol. The molecule has 0 aliphatic carbocycles. The van der Waals surface area contributed by atoms with Crippen LogP contribution in [0.25, 0.3) is 0 Å². The molecule has 2 aromatic rings. The van der Waals surface area contributed by atoms with Crippen LogP contribution in [-0.2, 0) is 11.8 Å². The minimum absolute atomic E-state index is 0.173. The van der Waals surface area contributed by atoms with Gasteiger partial charge in [-0.15, -0.1) is 0 Å². The lowest BCUT2D eigenvalue weighted by molar-refractivity contribution is 0.178. The van der Waals surface area contributed by atoms with E-state index in [2.05, 4.69) is 67.6 Å². The number of hydrogen-bond acceptors (Lipinski definition) is 1. The Morgan fingerprint density at radius 1 is 1.05 bits per heavy atom. The summed E-state index contributed by atoms with van der Waals surface area (Å²) < 4.78 is 1.15. The van der Waals surface area contributed by atoms with Crippen LogP contribution in [0.15, 0.2) is 48.5 Å². The molecule has 0 aliphatic rings. The Bertz CT molecular complexity index is 567. The van der Waals surface area contributed by atoms with Crippen molar-refractivity contribution in [3.63, 3.8) is 0 Å². The second-order valence-corrected chi connectivity index (χ2v) is 7.47. The fraction of sp³-hybridized carbons (Fsp3) is 0.333. The molecule has 1 unspecified atom stereocenters. The van der Waals surface area contributed by atoms with E-state index in [1.165, 1.54) is 11.1 Å². The molecule has 0 saturated carbocycles. The lowest BCUT2D eigenvalue weighted by atomic mass is 9.86. The first-order valence-electron chi connectivity index (χ1n) is 6.89. The van der Waals surface area contributed by atoms with Gasteiger partial charge in [0.2, 0.25) is 0 Å². The van der Waals surface area contributed by atoms with E-state index >= 15 is 0 Å². The number of halogens is 1. The lowest BCUT2D eigenvalue weighted by Crippen LogP contribution is -2.11. The van der Waals surface area contributed by atoms with E-state index in [9.17, 15) is 5.11 Å². The molecule has 0 bridgehead atoms.